The van der Waals surface area contributed by atoms with Gasteiger partial charge >= 0.3 is 6.09 Å². The summed E-state index contributed by atoms with van der Waals surface area (Å²) in [5.41, 5.74) is 2.82. The van der Waals surface area contributed by atoms with E-state index >= 15 is 0 Å². The molecule has 0 aliphatic carbocycles. The van der Waals surface area contributed by atoms with Gasteiger partial charge in [-0.1, -0.05) is 41.9 Å². The smallest absolute Gasteiger partial charge is 0.410 e. The van der Waals surface area contributed by atoms with Crippen LogP contribution in [0.15, 0.2) is 36.7 Å². The molecule has 1 aromatic carbocycles. The van der Waals surface area contributed by atoms with Crippen LogP contribution in [0.3, 0.4) is 0 Å². The monoisotopic (exact) mass is 317 g/mol. The summed E-state index contributed by atoms with van der Waals surface area (Å²) >= 11 is 6.10. The van der Waals surface area contributed by atoms with Crippen molar-refractivity contribution in [1.82, 2.24) is 14.9 Å². The summed E-state index contributed by atoms with van der Waals surface area (Å²) in [6.45, 7) is 1.42. The summed E-state index contributed by atoms with van der Waals surface area (Å²) < 4.78 is 5.37. The zero-order chi connectivity index (χ0) is 15.4. The average molecular weight is 318 g/mol. The highest BCUT2D eigenvalue weighted by Gasteiger charge is 2.22. The van der Waals surface area contributed by atoms with Crippen LogP contribution < -0.4 is 0 Å². The molecule has 2 heterocycles. The normalized spacial score (nSPS) is 14.1. The first-order chi connectivity index (χ1) is 10.7. The van der Waals surface area contributed by atoms with Crippen molar-refractivity contribution in [1.29, 1.82) is 0 Å². The number of halogens is 1. The number of fused-ring (bicyclic) bond motifs is 1. The molecule has 0 fully saturated rings. The molecule has 1 aromatic heterocycles. The first kappa shape index (κ1) is 14.8. The van der Waals surface area contributed by atoms with Gasteiger partial charge in [-0.25, -0.2) is 14.8 Å². The Bertz CT molecular complexity index is 664. The molecule has 0 unspecified atom stereocenters. The number of nitrogens with zero attached hydrogens (tertiary/aromatic N) is 3. The number of ether oxygens (including phenoxy) is 1. The molecule has 0 atom stereocenters. The van der Waals surface area contributed by atoms with Gasteiger partial charge in [0.05, 0.1) is 5.69 Å². The number of hydrogen-bond donors (Lipinski definition) is 0. The minimum Gasteiger partial charge on any atom is -0.445 e. The summed E-state index contributed by atoms with van der Waals surface area (Å²) in [6, 6.07) is 9.64. The Kier molecular flexibility index (Phi) is 4.53. The van der Waals surface area contributed by atoms with E-state index in [0.717, 1.165) is 16.8 Å². The van der Waals surface area contributed by atoms with Gasteiger partial charge in [-0.15, -0.1) is 0 Å². The highest BCUT2D eigenvalue weighted by molar-refractivity contribution is 6.30. The van der Waals surface area contributed by atoms with Crippen molar-refractivity contribution < 1.29 is 9.53 Å². The fourth-order valence-corrected chi connectivity index (χ4v) is 2.73. The van der Waals surface area contributed by atoms with Crippen molar-refractivity contribution in [3.63, 3.8) is 0 Å². The zero-order valence-corrected chi connectivity index (χ0v) is 12.8. The number of amides is 1. The summed E-state index contributed by atoms with van der Waals surface area (Å²) in [5.74, 6) is 0. The molecule has 5 nitrogen and oxygen atoms in total. The van der Waals surface area contributed by atoms with Gasteiger partial charge in [-0.3, -0.25) is 0 Å². The Morgan fingerprint density at radius 1 is 1.18 bits per heavy atom. The predicted octanol–water partition coefficient (Wildman–Crippen LogP) is 2.87. The lowest BCUT2D eigenvalue weighted by Gasteiger charge is -2.19. The van der Waals surface area contributed by atoms with Gasteiger partial charge in [0.1, 0.15) is 18.1 Å². The molecular weight excluding hydrogens is 302 g/mol. The molecule has 0 spiro atoms. The second kappa shape index (κ2) is 6.75. The van der Waals surface area contributed by atoms with Crippen LogP contribution in [0.1, 0.15) is 16.8 Å². The van der Waals surface area contributed by atoms with E-state index < -0.39 is 0 Å². The number of aromatic nitrogens is 2. The third kappa shape index (κ3) is 3.36. The van der Waals surface area contributed by atoms with Crippen LogP contribution in [-0.4, -0.2) is 34.1 Å². The lowest BCUT2D eigenvalue weighted by Crippen LogP contribution is -2.33. The fourth-order valence-electron chi connectivity index (χ4n) is 2.48. The molecule has 6 heteroatoms. The summed E-state index contributed by atoms with van der Waals surface area (Å²) in [6.07, 6.45) is 2.47. The van der Waals surface area contributed by atoms with E-state index in [1.807, 2.05) is 30.3 Å². The third-order valence-electron chi connectivity index (χ3n) is 3.70. The Morgan fingerprint density at radius 3 is 2.77 bits per heavy atom. The number of hydrogen-bond acceptors (Lipinski definition) is 4. The van der Waals surface area contributed by atoms with Crippen LogP contribution in [0, 0.1) is 0 Å². The van der Waals surface area contributed by atoms with Crippen LogP contribution in [0.25, 0.3) is 0 Å². The van der Waals surface area contributed by atoms with E-state index in [1.165, 1.54) is 6.33 Å². The van der Waals surface area contributed by atoms with Gasteiger partial charge in [-0.2, -0.15) is 0 Å². The maximum absolute atomic E-state index is 12.2. The summed E-state index contributed by atoms with van der Waals surface area (Å²) in [7, 11) is 0. The Balaban J connectivity index is 1.60. The first-order valence-corrected chi connectivity index (χ1v) is 7.55. The van der Waals surface area contributed by atoms with Crippen molar-refractivity contribution in [2.75, 3.05) is 13.1 Å². The maximum atomic E-state index is 12.2. The van der Waals surface area contributed by atoms with E-state index in [-0.39, 0.29) is 12.7 Å². The molecule has 0 radical (unpaired) electrons. The van der Waals surface area contributed by atoms with Gasteiger partial charge in [-0.05, 0) is 12.0 Å². The van der Waals surface area contributed by atoms with Gasteiger partial charge in [0, 0.05) is 25.1 Å². The molecule has 0 saturated carbocycles. The minimum absolute atomic E-state index is 0.281. The molecule has 1 aliphatic heterocycles. The molecule has 2 aromatic rings. The average Bonchev–Trinajstić information content (AvgIpc) is 2.77. The van der Waals surface area contributed by atoms with E-state index in [1.54, 1.807) is 4.90 Å². The molecule has 0 saturated heterocycles. The van der Waals surface area contributed by atoms with E-state index in [0.29, 0.717) is 31.1 Å². The Labute approximate surface area is 133 Å². The highest BCUT2D eigenvalue weighted by Crippen LogP contribution is 2.20. The van der Waals surface area contributed by atoms with E-state index in [9.17, 15) is 4.79 Å². The fraction of sp³-hybridized carbons (Fsp3) is 0.312. The zero-order valence-electron chi connectivity index (χ0n) is 12.0. The van der Waals surface area contributed by atoms with Gasteiger partial charge in [0.15, 0.2) is 0 Å². The molecule has 3 rings (SSSR count). The quantitative estimate of drug-likeness (QED) is 0.799. The van der Waals surface area contributed by atoms with Crippen LogP contribution >= 0.6 is 11.6 Å². The van der Waals surface area contributed by atoms with Gasteiger partial charge in [0.2, 0.25) is 0 Å². The molecule has 0 bridgehead atoms. The van der Waals surface area contributed by atoms with Crippen LogP contribution in [0.2, 0.25) is 5.15 Å². The molecule has 0 N–H and O–H groups in total. The largest absolute Gasteiger partial charge is 0.445 e. The molecule has 114 valence electrons. The lowest BCUT2D eigenvalue weighted by atomic mass is 10.1. The molecule has 22 heavy (non-hydrogen) atoms. The topological polar surface area (TPSA) is 55.3 Å². The highest BCUT2D eigenvalue weighted by atomic mass is 35.5. The first-order valence-electron chi connectivity index (χ1n) is 7.18. The number of carbonyl (C=O) groups is 1. The number of benzene rings is 1. The van der Waals surface area contributed by atoms with Gasteiger partial charge in [0.25, 0.3) is 0 Å². The molecule has 1 aliphatic rings. The van der Waals surface area contributed by atoms with Crippen molar-refractivity contribution in [3.8, 4) is 0 Å². The maximum Gasteiger partial charge on any atom is 0.410 e. The van der Waals surface area contributed by atoms with Crippen molar-refractivity contribution >= 4 is 17.7 Å². The minimum atomic E-state index is -0.305. The van der Waals surface area contributed by atoms with Crippen LogP contribution in [-0.2, 0) is 24.2 Å². The summed E-state index contributed by atoms with van der Waals surface area (Å²) in [5, 5.41) is 0.476. The van der Waals surface area contributed by atoms with E-state index in [2.05, 4.69) is 9.97 Å². The molecule has 1 amide bonds. The van der Waals surface area contributed by atoms with Crippen molar-refractivity contribution in [2.45, 2.75) is 19.4 Å². The lowest BCUT2D eigenvalue weighted by molar-refractivity contribution is 0.0977. The third-order valence-corrected chi connectivity index (χ3v) is 4.02. The van der Waals surface area contributed by atoms with Crippen LogP contribution in [0.5, 0.6) is 0 Å². The SMILES string of the molecule is O=C(OCc1ccccc1)N1CCc2ncnc(Cl)c2CC1. The standard InChI is InChI=1S/C16H16ClN3O2/c17-15-13-6-8-20(9-7-14(13)18-11-19-15)16(21)22-10-12-4-2-1-3-5-12/h1-5,11H,6-10H2. The Morgan fingerprint density at radius 2 is 1.95 bits per heavy atom. The number of rotatable bonds is 2. The van der Waals surface area contributed by atoms with Gasteiger partial charge < -0.3 is 9.64 Å². The number of carbonyl (C=O) groups excluding carboxylic acids is 1. The predicted molar refractivity (Wildman–Crippen MR) is 82.7 cm³/mol. The Hall–Kier alpha value is -2.14. The second-order valence-electron chi connectivity index (χ2n) is 5.12. The molecular formula is C16H16ClN3O2. The second-order valence-corrected chi connectivity index (χ2v) is 5.47. The van der Waals surface area contributed by atoms with Crippen molar-refractivity contribution in [2.24, 2.45) is 0 Å². The van der Waals surface area contributed by atoms with E-state index in [4.69, 9.17) is 16.3 Å². The van der Waals surface area contributed by atoms with Crippen molar-refractivity contribution in [3.05, 3.63) is 58.6 Å². The summed E-state index contributed by atoms with van der Waals surface area (Å²) in [4.78, 5) is 22.1. The van der Waals surface area contributed by atoms with Crippen LogP contribution in [0.4, 0.5) is 4.79 Å².